The lowest BCUT2D eigenvalue weighted by molar-refractivity contribution is 0.288. The van der Waals surface area contributed by atoms with E-state index in [0.29, 0.717) is 0 Å². The summed E-state index contributed by atoms with van der Waals surface area (Å²) in [6.07, 6.45) is 3.72. The fraction of sp³-hybridized carbons (Fsp3) is 0.400. The van der Waals surface area contributed by atoms with Gasteiger partial charge in [0.1, 0.15) is 0 Å². The second kappa shape index (κ2) is 5.53. The molecule has 0 unspecified atom stereocenters. The van der Waals surface area contributed by atoms with Gasteiger partial charge in [-0.2, -0.15) is 0 Å². The number of aliphatic hydroxyl groups is 1. The van der Waals surface area contributed by atoms with Crippen LogP contribution in [0.25, 0.3) is 0 Å². The van der Waals surface area contributed by atoms with Crippen molar-refractivity contribution in [3.63, 3.8) is 0 Å². The Hall–Kier alpha value is -0.180. The average Bonchev–Trinajstić information content (AvgIpc) is 2.14. The van der Waals surface area contributed by atoms with E-state index in [1.165, 1.54) is 10.5 Å². The highest BCUT2D eigenvalue weighted by molar-refractivity contribution is 7.98. The number of benzene rings is 1. The van der Waals surface area contributed by atoms with E-state index in [2.05, 4.69) is 6.07 Å². The van der Waals surface area contributed by atoms with E-state index >= 15 is 0 Å². The normalized spacial score (nSPS) is 10.4. The minimum absolute atomic E-state index is 0.237. The van der Waals surface area contributed by atoms with Gasteiger partial charge >= 0.3 is 0 Å². The Morgan fingerprint density at radius 3 is 2.77 bits per heavy atom. The Balaban J connectivity index is 2.76. The van der Waals surface area contributed by atoms with Crippen LogP contribution >= 0.6 is 23.4 Å². The van der Waals surface area contributed by atoms with Gasteiger partial charge in [0.2, 0.25) is 0 Å². The van der Waals surface area contributed by atoms with Crippen LogP contribution in [0.3, 0.4) is 0 Å². The molecule has 0 spiro atoms. The maximum absolute atomic E-state index is 8.69. The van der Waals surface area contributed by atoms with E-state index in [0.717, 1.165) is 17.9 Å². The lowest BCUT2D eigenvalue weighted by Gasteiger charge is -2.03. The Morgan fingerprint density at radius 1 is 1.38 bits per heavy atom. The first kappa shape index (κ1) is 10.9. The SMILES string of the molecule is CSc1cc(Cl)cc(CCCO)c1. The van der Waals surface area contributed by atoms with Gasteiger partial charge in [0.05, 0.1) is 0 Å². The van der Waals surface area contributed by atoms with E-state index in [-0.39, 0.29) is 6.61 Å². The minimum Gasteiger partial charge on any atom is -0.396 e. The van der Waals surface area contributed by atoms with E-state index < -0.39 is 0 Å². The minimum atomic E-state index is 0.237. The number of aryl methyl sites for hydroxylation is 1. The number of thioether (sulfide) groups is 1. The third-order valence-corrected chi connectivity index (χ3v) is 2.72. The number of rotatable bonds is 4. The molecular weight excluding hydrogens is 204 g/mol. The first-order valence-corrected chi connectivity index (χ1v) is 5.81. The van der Waals surface area contributed by atoms with Gasteiger partial charge in [-0.3, -0.25) is 0 Å². The molecule has 1 aromatic carbocycles. The molecule has 0 saturated heterocycles. The van der Waals surface area contributed by atoms with E-state index in [9.17, 15) is 0 Å². The van der Waals surface area contributed by atoms with Gasteiger partial charge in [-0.25, -0.2) is 0 Å². The highest BCUT2D eigenvalue weighted by Crippen LogP contribution is 2.22. The van der Waals surface area contributed by atoms with Gasteiger partial charge in [0.25, 0.3) is 0 Å². The molecule has 0 aliphatic carbocycles. The van der Waals surface area contributed by atoms with Crippen molar-refractivity contribution >= 4 is 23.4 Å². The van der Waals surface area contributed by atoms with E-state index in [1.807, 2.05) is 18.4 Å². The van der Waals surface area contributed by atoms with Crippen molar-refractivity contribution in [2.45, 2.75) is 17.7 Å². The molecule has 13 heavy (non-hydrogen) atoms. The number of hydrogen-bond acceptors (Lipinski definition) is 2. The summed E-state index contributed by atoms with van der Waals surface area (Å²) in [7, 11) is 0. The van der Waals surface area contributed by atoms with Crippen molar-refractivity contribution in [2.75, 3.05) is 12.9 Å². The molecule has 0 aliphatic rings. The topological polar surface area (TPSA) is 20.2 Å². The zero-order chi connectivity index (χ0) is 9.68. The molecule has 72 valence electrons. The van der Waals surface area contributed by atoms with Crippen molar-refractivity contribution < 1.29 is 5.11 Å². The summed E-state index contributed by atoms with van der Waals surface area (Å²) in [6.45, 7) is 0.237. The van der Waals surface area contributed by atoms with Crippen molar-refractivity contribution in [1.82, 2.24) is 0 Å². The van der Waals surface area contributed by atoms with Gasteiger partial charge in [-0.15, -0.1) is 11.8 Å². The molecule has 1 N–H and O–H groups in total. The Bertz CT molecular complexity index is 276. The Kier molecular flexibility index (Phi) is 4.64. The fourth-order valence-electron chi connectivity index (χ4n) is 1.17. The van der Waals surface area contributed by atoms with Crippen LogP contribution in [0.5, 0.6) is 0 Å². The zero-order valence-corrected chi connectivity index (χ0v) is 9.16. The van der Waals surface area contributed by atoms with Crippen molar-refractivity contribution in [2.24, 2.45) is 0 Å². The van der Waals surface area contributed by atoms with Crippen LogP contribution in [0, 0.1) is 0 Å². The molecule has 0 radical (unpaired) electrons. The summed E-state index contributed by atoms with van der Waals surface area (Å²) in [4.78, 5) is 1.18. The number of halogens is 1. The van der Waals surface area contributed by atoms with Crippen LogP contribution in [0.4, 0.5) is 0 Å². The van der Waals surface area contributed by atoms with E-state index in [1.54, 1.807) is 11.8 Å². The molecule has 0 saturated carbocycles. The van der Waals surface area contributed by atoms with Gasteiger partial charge in [-0.1, -0.05) is 11.6 Å². The van der Waals surface area contributed by atoms with Crippen LogP contribution in [-0.4, -0.2) is 18.0 Å². The second-order valence-electron chi connectivity index (χ2n) is 2.83. The summed E-state index contributed by atoms with van der Waals surface area (Å²) in [6, 6.07) is 6.03. The van der Waals surface area contributed by atoms with Gasteiger partial charge in [0, 0.05) is 16.5 Å². The molecule has 3 heteroatoms. The third kappa shape index (κ3) is 3.59. The first-order valence-electron chi connectivity index (χ1n) is 4.20. The maximum Gasteiger partial charge on any atom is 0.0434 e. The lowest BCUT2D eigenvalue weighted by atomic mass is 10.1. The van der Waals surface area contributed by atoms with Crippen molar-refractivity contribution in [3.05, 3.63) is 28.8 Å². The molecule has 0 aromatic heterocycles. The largest absolute Gasteiger partial charge is 0.396 e. The molecule has 1 rings (SSSR count). The molecule has 0 fully saturated rings. The molecule has 0 bridgehead atoms. The van der Waals surface area contributed by atoms with Gasteiger partial charge in [-0.05, 0) is 42.9 Å². The summed E-state index contributed by atoms with van der Waals surface area (Å²) >= 11 is 7.62. The Labute approximate surface area is 88.1 Å². The number of aliphatic hydroxyl groups excluding tert-OH is 1. The second-order valence-corrected chi connectivity index (χ2v) is 4.14. The van der Waals surface area contributed by atoms with Crippen LogP contribution in [0.1, 0.15) is 12.0 Å². The maximum atomic E-state index is 8.69. The van der Waals surface area contributed by atoms with Gasteiger partial charge in [0.15, 0.2) is 0 Å². The lowest BCUT2D eigenvalue weighted by Crippen LogP contribution is -1.89. The van der Waals surface area contributed by atoms with Crippen LogP contribution in [0.2, 0.25) is 5.02 Å². The third-order valence-electron chi connectivity index (χ3n) is 1.79. The smallest absolute Gasteiger partial charge is 0.0434 e. The molecule has 0 aliphatic heterocycles. The quantitative estimate of drug-likeness (QED) is 0.781. The number of hydrogen-bond donors (Lipinski definition) is 1. The summed E-state index contributed by atoms with van der Waals surface area (Å²) < 4.78 is 0. The van der Waals surface area contributed by atoms with Gasteiger partial charge < -0.3 is 5.11 Å². The molecular formula is C10H13ClOS. The molecule has 1 nitrogen and oxygen atoms in total. The van der Waals surface area contributed by atoms with Crippen LogP contribution in [-0.2, 0) is 6.42 Å². The highest BCUT2D eigenvalue weighted by Gasteiger charge is 1.98. The predicted octanol–water partition coefficient (Wildman–Crippen LogP) is 2.99. The molecule has 0 heterocycles. The zero-order valence-electron chi connectivity index (χ0n) is 7.59. The summed E-state index contributed by atoms with van der Waals surface area (Å²) in [5.74, 6) is 0. The Morgan fingerprint density at radius 2 is 2.15 bits per heavy atom. The van der Waals surface area contributed by atoms with Crippen molar-refractivity contribution in [1.29, 1.82) is 0 Å². The molecule has 1 aromatic rings. The van der Waals surface area contributed by atoms with Crippen molar-refractivity contribution in [3.8, 4) is 0 Å². The van der Waals surface area contributed by atoms with Crippen LogP contribution < -0.4 is 0 Å². The monoisotopic (exact) mass is 216 g/mol. The molecule has 0 amide bonds. The first-order chi connectivity index (χ1) is 6.26. The van der Waals surface area contributed by atoms with Crippen LogP contribution in [0.15, 0.2) is 23.1 Å². The highest BCUT2D eigenvalue weighted by atomic mass is 35.5. The molecule has 0 atom stereocenters. The fourth-order valence-corrected chi connectivity index (χ4v) is 2.00. The summed E-state index contributed by atoms with van der Waals surface area (Å²) in [5.41, 5.74) is 1.20. The van der Waals surface area contributed by atoms with E-state index in [4.69, 9.17) is 16.7 Å². The summed E-state index contributed by atoms with van der Waals surface area (Å²) in [5, 5.41) is 9.46. The average molecular weight is 217 g/mol. The predicted molar refractivity (Wildman–Crippen MR) is 58.6 cm³/mol. The standard InChI is InChI=1S/C10H13ClOS/c1-13-10-6-8(3-2-4-12)5-9(11)7-10/h5-7,12H,2-4H2,1H3.